The fraction of sp³-hybridized carbons (Fsp3) is 0.412. The monoisotopic (exact) mass is 348 g/mol. The number of nitrogens with zero attached hydrogens (tertiary/aromatic N) is 2. The van der Waals surface area contributed by atoms with E-state index < -0.39 is 0 Å². The number of hydrogen-bond acceptors (Lipinski definition) is 3. The normalized spacial score (nSPS) is 16.4. The summed E-state index contributed by atoms with van der Waals surface area (Å²) in [7, 11) is 0. The second-order valence-electron chi connectivity index (χ2n) is 6.28. The first-order valence-corrected chi connectivity index (χ1v) is 8.37. The topological polar surface area (TPSA) is 79.2 Å². The molecule has 7 heteroatoms. The van der Waals surface area contributed by atoms with Crippen LogP contribution < -0.4 is 10.6 Å². The fourth-order valence-corrected chi connectivity index (χ4v) is 2.73. The van der Waals surface area contributed by atoms with Crippen molar-refractivity contribution in [3.05, 3.63) is 53.3 Å². The Balaban J connectivity index is 1.60. The second kappa shape index (κ2) is 7.23. The molecule has 3 rings (SSSR count). The number of rotatable bonds is 7. The Morgan fingerprint density at radius 1 is 1.33 bits per heavy atom. The molecule has 2 amide bonds. The molecule has 1 unspecified atom stereocenters. The van der Waals surface area contributed by atoms with E-state index in [9.17, 15) is 9.90 Å². The van der Waals surface area contributed by atoms with Crippen molar-refractivity contribution in [2.75, 3.05) is 19.7 Å². The molecule has 1 aliphatic rings. The van der Waals surface area contributed by atoms with E-state index in [1.165, 1.54) is 0 Å². The molecule has 0 aliphatic heterocycles. The first-order chi connectivity index (χ1) is 11.6. The molecule has 1 aromatic carbocycles. The van der Waals surface area contributed by atoms with Gasteiger partial charge in [-0.05, 0) is 36.6 Å². The summed E-state index contributed by atoms with van der Waals surface area (Å²) >= 11 is 5.95. The van der Waals surface area contributed by atoms with Crippen LogP contribution in [0.4, 0.5) is 4.79 Å². The molecule has 1 fully saturated rings. The van der Waals surface area contributed by atoms with Gasteiger partial charge in [-0.2, -0.15) is 5.10 Å². The van der Waals surface area contributed by atoms with Gasteiger partial charge in [-0.15, -0.1) is 0 Å². The Kier molecular flexibility index (Phi) is 5.06. The zero-order chi connectivity index (χ0) is 17.0. The molecule has 0 bridgehead atoms. The van der Waals surface area contributed by atoms with Crippen molar-refractivity contribution in [2.45, 2.75) is 18.9 Å². The Labute approximate surface area is 145 Å². The zero-order valence-corrected chi connectivity index (χ0v) is 14.0. The van der Waals surface area contributed by atoms with Crippen LogP contribution >= 0.6 is 11.6 Å². The smallest absolute Gasteiger partial charge is 0.314 e. The third-order valence-electron chi connectivity index (χ3n) is 4.47. The van der Waals surface area contributed by atoms with Gasteiger partial charge in [0, 0.05) is 35.9 Å². The van der Waals surface area contributed by atoms with Crippen LogP contribution in [-0.2, 0) is 0 Å². The lowest BCUT2D eigenvalue weighted by molar-refractivity contribution is 0.202. The van der Waals surface area contributed by atoms with Gasteiger partial charge in [0.15, 0.2) is 0 Å². The highest BCUT2D eigenvalue weighted by Gasteiger charge is 2.42. The number of aliphatic hydroxyl groups is 1. The highest BCUT2D eigenvalue weighted by Crippen LogP contribution is 2.44. The minimum Gasteiger partial charge on any atom is -0.396 e. The Bertz CT molecular complexity index is 668. The highest BCUT2D eigenvalue weighted by atomic mass is 35.5. The minimum atomic E-state index is -0.235. The number of nitrogens with one attached hydrogen (secondary N) is 2. The lowest BCUT2D eigenvalue weighted by Crippen LogP contribution is -2.42. The second-order valence-corrected chi connectivity index (χ2v) is 6.71. The number of urea groups is 1. The summed E-state index contributed by atoms with van der Waals surface area (Å²) in [4.78, 5) is 12.0. The van der Waals surface area contributed by atoms with E-state index in [1.54, 1.807) is 10.9 Å². The number of amides is 2. The van der Waals surface area contributed by atoms with Gasteiger partial charge in [0.2, 0.25) is 0 Å². The first-order valence-electron chi connectivity index (χ1n) is 7.99. The van der Waals surface area contributed by atoms with Crippen LogP contribution in [0.1, 0.15) is 24.4 Å². The Morgan fingerprint density at radius 2 is 2.08 bits per heavy atom. The van der Waals surface area contributed by atoms with Crippen molar-refractivity contribution >= 4 is 17.6 Å². The van der Waals surface area contributed by atoms with Crippen LogP contribution in [0.5, 0.6) is 0 Å². The van der Waals surface area contributed by atoms with Gasteiger partial charge in [-0.3, -0.25) is 4.68 Å². The predicted molar refractivity (Wildman–Crippen MR) is 92.0 cm³/mol. The summed E-state index contributed by atoms with van der Waals surface area (Å²) in [5.41, 5.74) is 0.909. The molecule has 1 aromatic heterocycles. The summed E-state index contributed by atoms with van der Waals surface area (Å²) in [5.74, 6) is 0. The Morgan fingerprint density at radius 3 is 2.67 bits per heavy atom. The molecular formula is C17H21ClN4O2. The SMILES string of the molecule is O=C(NCC(c1ccc(Cl)cc1)n1cccn1)NCC1(CO)CC1. The van der Waals surface area contributed by atoms with Crippen molar-refractivity contribution in [3.8, 4) is 0 Å². The molecule has 0 radical (unpaired) electrons. The number of carbonyl (C=O) groups is 1. The van der Waals surface area contributed by atoms with Crippen LogP contribution in [0.2, 0.25) is 5.02 Å². The maximum absolute atomic E-state index is 12.0. The molecule has 128 valence electrons. The molecule has 1 heterocycles. The molecule has 2 aromatic rings. The number of carbonyl (C=O) groups excluding carboxylic acids is 1. The van der Waals surface area contributed by atoms with Gasteiger partial charge in [0.25, 0.3) is 0 Å². The number of benzene rings is 1. The first kappa shape index (κ1) is 16.8. The summed E-state index contributed by atoms with van der Waals surface area (Å²) in [5, 5.41) is 20.0. The van der Waals surface area contributed by atoms with Crippen LogP contribution in [0.3, 0.4) is 0 Å². The van der Waals surface area contributed by atoms with Crippen LogP contribution in [0, 0.1) is 5.41 Å². The van der Waals surface area contributed by atoms with Crippen LogP contribution in [0.25, 0.3) is 0 Å². The lowest BCUT2D eigenvalue weighted by atomic mass is 10.1. The lowest BCUT2D eigenvalue weighted by Gasteiger charge is -2.20. The standard InChI is InChI=1S/C17H21ClN4O2/c18-14-4-2-13(3-5-14)15(22-9-1-8-21-22)10-19-16(24)20-11-17(12-23)6-7-17/h1-5,8-9,15,23H,6-7,10-12H2,(H2,19,20,24). The maximum atomic E-state index is 12.0. The molecular weight excluding hydrogens is 328 g/mol. The third kappa shape index (κ3) is 4.07. The average Bonchev–Trinajstić information content (AvgIpc) is 3.19. The molecule has 3 N–H and O–H groups in total. The van der Waals surface area contributed by atoms with Crippen LogP contribution in [0.15, 0.2) is 42.7 Å². The van der Waals surface area contributed by atoms with Crippen LogP contribution in [-0.4, -0.2) is 40.6 Å². The number of halogens is 1. The van der Waals surface area contributed by atoms with Crippen molar-refractivity contribution in [1.82, 2.24) is 20.4 Å². The van der Waals surface area contributed by atoms with E-state index >= 15 is 0 Å². The van der Waals surface area contributed by atoms with E-state index in [1.807, 2.05) is 36.5 Å². The molecule has 0 spiro atoms. The summed E-state index contributed by atoms with van der Waals surface area (Å²) in [6.45, 7) is 1.03. The van der Waals surface area contributed by atoms with Gasteiger partial charge in [0.05, 0.1) is 12.6 Å². The third-order valence-corrected chi connectivity index (χ3v) is 4.72. The molecule has 1 atom stereocenters. The van der Waals surface area contributed by atoms with E-state index in [0.29, 0.717) is 18.1 Å². The summed E-state index contributed by atoms with van der Waals surface area (Å²) in [6, 6.07) is 9.01. The van der Waals surface area contributed by atoms with Gasteiger partial charge in [-0.25, -0.2) is 4.79 Å². The Hall–Kier alpha value is -2.05. The molecule has 0 saturated heterocycles. The van der Waals surface area contributed by atoms with Gasteiger partial charge < -0.3 is 15.7 Å². The highest BCUT2D eigenvalue weighted by molar-refractivity contribution is 6.30. The predicted octanol–water partition coefficient (Wildman–Crippen LogP) is 2.20. The van der Waals surface area contributed by atoms with E-state index in [0.717, 1.165) is 18.4 Å². The fourth-order valence-electron chi connectivity index (χ4n) is 2.60. The zero-order valence-electron chi connectivity index (χ0n) is 13.3. The van der Waals surface area contributed by atoms with Crippen molar-refractivity contribution < 1.29 is 9.90 Å². The molecule has 1 aliphatic carbocycles. The van der Waals surface area contributed by atoms with E-state index in [4.69, 9.17) is 11.6 Å². The number of aliphatic hydroxyl groups excluding tert-OH is 1. The van der Waals surface area contributed by atoms with Crippen molar-refractivity contribution in [2.24, 2.45) is 5.41 Å². The van der Waals surface area contributed by atoms with E-state index in [2.05, 4.69) is 15.7 Å². The molecule has 6 nitrogen and oxygen atoms in total. The molecule has 1 saturated carbocycles. The summed E-state index contributed by atoms with van der Waals surface area (Å²) < 4.78 is 1.81. The maximum Gasteiger partial charge on any atom is 0.314 e. The van der Waals surface area contributed by atoms with E-state index in [-0.39, 0.29) is 24.1 Å². The average molecular weight is 349 g/mol. The van der Waals surface area contributed by atoms with Crippen molar-refractivity contribution in [1.29, 1.82) is 0 Å². The summed E-state index contributed by atoms with van der Waals surface area (Å²) in [6.07, 6.45) is 5.50. The molecule has 24 heavy (non-hydrogen) atoms. The number of hydrogen-bond donors (Lipinski definition) is 3. The van der Waals surface area contributed by atoms with Gasteiger partial charge >= 0.3 is 6.03 Å². The minimum absolute atomic E-state index is 0.102. The van der Waals surface area contributed by atoms with Gasteiger partial charge in [-0.1, -0.05) is 23.7 Å². The van der Waals surface area contributed by atoms with Gasteiger partial charge in [0.1, 0.15) is 0 Å². The van der Waals surface area contributed by atoms with Crippen molar-refractivity contribution in [3.63, 3.8) is 0 Å². The largest absolute Gasteiger partial charge is 0.396 e. The number of aromatic nitrogens is 2. The quantitative estimate of drug-likeness (QED) is 0.717.